The van der Waals surface area contributed by atoms with Crippen LogP contribution >= 0.6 is 0 Å². The van der Waals surface area contributed by atoms with Crippen molar-refractivity contribution in [1.29, 1.82) is 0 Å². The Labute approximate surface area is 93.6 Å². The fourth-order valence-corrected chi connectivity index (χ4v) is 1.59. The van der Waals surface area contributed by atoms with Gasteiger partial charge in [-0.25, -0.2) is 0 Å². The number of hydrogen-bond acceptors (Lipinski definition) is 3. The summed E-state index contributed by atoms with van der Waals surface area (Å²) < 4.78 is 13.3. The minimum Gasteiger partial charge on any atom is -0.377 e. The second-order valence-electron chi connectivity index (χ2n) is 3.73. The van der Waals surface area contributed by atoms with E-state index in [0.29, 0.717) is 0 Å². The fourth-order valence-electron chi connectivity index (χ4n) is 1.59. The Morgan fingerprint density at radius 2 is 2.25 bits per heavy atom. The molecule has 0 aromatic heterocycles. The van der Waals surface area contributed by atoms with Crippen molar-refractivity contribution >= 4 is 11.4 Å². The molecule has 0 fully saturated rings. The predicted octanol–water partition coefficient (Wildman–Crippen LogP) is 3.33. The number of benzene rings is 1. The first-order valence-electron chi connectivity index (χ1n) is 5.25. The van der Waals surface area contributed by atoms with Gasteiger partial charge in [0.2, 0.25) is 5.82 Å². The minimum atomic E-state index is -0.807. The van der Waals surface area contributed by atoms with Gasteiger partial charge in [0.15, 0.2) is 0 Å². The molecule has 1 aromatic rings. The number of anilines is 1. The number of halogens is 1. The highest BCUT2D eigenvalue weighted by Gasteiger charge is 2.20. The lowest BCUT2D eigenvalue weighted by atomic mass is 10.1. The quantitative estimate of drug-likeness (QED) is 0.618. The van der Waals surface area contributed by atoms with Gasteiger partial charge >= 0.3 is 5.69 Å². The van der Waals surface area contributed by atoms with Crippen molar-refractivity contribution in [3.63, 3.8) is 0 Å². The third-order valence-corrected chi connectivity index (χ3v) is 2.29. The second-order valence-corrected chi connectivity index (χ2v) is 3.73. The SMILES string of the molecule is CCCC(C)Nc1cccc(F)c1[N+](=O)[O-]. The Morgan fingerprint density at radius 1 is 1.56 bits per heavy atom. The molecule has 0 spiro atoms. The van der Waals surface area contributed by atoms with Gasteiger partial charge in [-0.2, -0.15) is 4.39 Å². The minimum absolute atomic E-state index is 0.0884. The molecule has 1 aromatic carbocycles. The molecule has 0 aliphatic rings. The molecule has 1 rings (SSSR count). The Hall–Kier alpha value is -1.65. The summed E-state index contributed by atoms with van der Waals surface area (Å²) in [7, 11) is 0. The predicted molar refractivity (Wildman–Crippen MR) is 61.0 cm³/mol. The van der Waals surface area contributed by atoms with E-state index in [1.165, 1.54) is 12.1 Å². The first-order valence-corrected chi connectivity index (χ1v) is 5.25. The van der Waals surface area contributed by atoms with E-state index in [4.69, 9.17) is 0 Å². The number of hydrogen-bond donors (Lipinski definition) is 1. The van der Waals surface area contributed by atoms with Crippen LogP contribution in [0.2, 0.25) is 0 Å². The van der Waals surface area contributed by atoms with Gasteiger partial charge in [-0.15, -0.1) is 0 Å². The van der Waals surface area contributed by atoms with Gasteiger partial charge in [0.1, 0.15) is 5.69 Å². The molecule has 0 saturated heterocycles. The molecule has 0 saturated carbocycles. The first kappa shape index (κ1) is 12.4. The van der Waals surface area contributed by atoms with E-state index in [2.05, 4.69) is 5.32 Å². The van der Waals surface area contributed by atoms with Crippen LogP contribution in [0.1, 0.15) is 26.7 Å². The van der Waals surface area contributed by atoms with E-state index < -0.39 is 16.4 Å². The topological polar surface area (TPSA) is 55.2 Å². The highest BCUT2D eigenvalue weighted by molar-refractivity contribution is 5.62. The third-order valence-electron chi connectivity index (χ3n) is 2.29. The summed E-state index contributed by atoms with van der Waals surface area (Å²) in [5.74, 6) is -0.807. The molecule has 0 amide bonds. The number of para-hydroxylation sites is 1. The number of rotatable bonds is 5. The molecule has 0 aliphatic heterocycles. The van der Waals surface area contributed by atoms with Crippen LogP contribution in [-0.2, 0) is 0 Å². The second kappa shape index (κ2) is 5.44. The smallest absolute Gasteiger partial charge is 0.327 e. The van der Waals surface area contributed by atoms with Gasteiger partial charge in [0, 0.05) is 6.04 Å². The molecule has 1 unspecified atom stereocenters. The molecule has 1 atom stereocenters. The molecular weight excluding hydrogens is 211 g/mol. The zero-order chi connectivity index (χ0) is 12.1. The summed E-state index contributed by atoms with van der Waals surface area (Å²) >= 11 is 0. The van der Waals surface area contributed by atoms with Crippen LogP contribution in [0, 0.1) is 15.9 Å². The van der Waals surface area contributed by atoms with Crippen LogP contribution in [0.3, 0.4) is 0 Å². The van der Waals surface area contributed by atoms with Gasteiger partial charge in [-0.1, -0.05) is 19.4 Å². The van der Waals surface area contributed by atoms with Crippen LogP contribution in [0.25, 0.3) is 0 Å². The summed E-state index contributed by atoms with van der Waals surface area (Å²) in [4.78, 5) is 10.0. The highest BCUT2D eigenvalue weighted by atomic mass is 19.1. The fraction of sp³-hybridized carbons (Fsp3) is 0.455. The zero-order valence-electron chi connectivity index (χ0n) is 9.37. The Kier molecular flexibility index (Phi) is 4.22. The van der Waals surface area contributed by atoms with E-state index in [1.807, 2.05) is 13.8 Å². The normalized spacial score (nSPS) is 12.2. The number of nitrogens with zero attached hydrogens (tertiary/aromatic N) is 1. The molecular formula is C11H15FN2O2. The van der Waals surface area contributed by atoms with E-state index in [0.717, 1.165) is 18.9 Å². The lowest BCUT2D eigenvalue weighted by molar-refractivity contribution is -0.386. The monoisotopic (exact) mass is 226 g/mol. The number of nitro groups is 1. The Bertz CT molecular complexity index is 382. The first-order chi connectivity index (χ1) is 7.56. The maximum atomic E-state index is 13.3. The summed E-state index contributed by atoms with van der Waals surface area (Å²) in [5, 5.41) is 13.7. The standard InChI is InChI=1S/C11H15FN2O2/c1-3-5-8(2)13-10-7-4-6-9(12)11(10)14(15)16/h4,6-8,13H,3,5H2,1-2H3. The molecule has 0 aliphatic carbocycles. The molecule has 0 bridgehead atoms. The van der Waals surface area contributed by atoms with E-state index in [9.17, 15) is 14.5 Å². The lowest BCUT2D eigenvalue weighted by Gasteiger charge is -2.14. The Balaban J connectivity index is 2.95. The van der Waals surface area contributed by atoms with Crippen LogP contribution in [0.4, 0.5) is 15.8 Å². The zero-order valence-corrected chi connectivity index (χ0v) is 9.37. The molecule has 5 heteroatoms. The molecule has 4 nitrogen and oxygen atoms in total. The van der Waals surface area contributed by atoms with Crippen molar-refractivity contribution in [1.82, 2.24) is 0 Å². The molecule has 0 heterocycles. The summed E-state index contributed by atoms with van der Waals surface area (Å²) in [6, 6.07) is 4.16. The van der Waals surface area contributed by atoms with Crippen molar-refractivity contribution in [3.05, 3.63) is 34.1 Å². The molecule has 16 heavy (non-hydrogen) atoms. The number of nitro benzene ring substituents is 1. The largest absolute Gasteiger partial charge is 0.377 e. The van der Waals surface area contributed by atoms with Crippen molar-refractivity contribution in [3.8, 4) is 0 Å². The van der Waals surface area contributed by atoms with Crippen molar-refractivity contribution in [2.24, 2.45) is 0 Å². The van der Waals surface area contributed by atoms with E-state index in [-0.39, 0.29) is 11.7 Å². The lowest BCUT2D eigenvalue weighted by Crippen LogP contribution is -2.15. The van der Waals surface area contributed by atoms with Gasteiger partial charge in [-0.3, -0.25) is 10.1 Å². The van der Waals surface area contributed by atoms with Gasteiger partial charge < -0.3 is 5.32 Å². The molecule has 0 radical (unpaired) electrons. The van der Waals surface area contributed by atoms with Gasteiger partial charge in [0.25, 0.3) is 0 Å². The summed E-state index contributed by atoms with van der Waals surface area (Å²) in [5.41, 5.74) is -0.239. The summed E-state index contributed by atoms with van der Waals surface area (Å²) in [6.07, 6.45) is 1.85. The van der Waals surface area contributed by atoms with Crippen LogP contribution in [0.15, 0.2) is 18.2 Å². The third kappa shape index (κ3) is 2.92. The molecule has 1 N–H and O–H groups in total. The maximum absolute atomic E-state index is 13.3. The summed E-state index contributed by atoms with van der Waals surface area (Å²) in [6.45, 7) is 3.94. The average Bonchev–Trinajstić information content (AvgIpc) is 2.17. The van der Waals surface area contributed by atoms with E-state index in [1.54, 1.807) is 0 Å². The average molecular weight is 226 g/mol. The van der Waals surface area contributed by atoms with Crippen molar-refractivity contribution in [2.45, 2.75) is 32.7 Å². The van der Waals surface area contributed by atoms with Crippen molar-refractivity contribution in [2.75, 3.05) is 5.32 Å². The number of nitrogens with one attached hydrogen (secondary N) is 1. The van der Waals surface area contributed by atoms with Crippen LogP contribution in [-0.4, -0.2) is 11.0 Å². The van der Waals surface area contributed by atoms with Crippen molar-refractivity contribution < 1.29 is 9.31 Å². The maximum Gasteiger partial charge on any atom is 0.327 e. The molecule has 88 valence electrons. The highest BCUT2D eigenvalue weighted by Crippen LogP contribution is 2.28. The van der Waals surface area contributed by atoms with Gasteiger partial charge in [-0.05, 0) is 25.5 Å². The van der Waals surface area contributed by atoms with E-state index >= 15 is 0 Å². The van der Waals surface area contributed by atoms with Crippen LogP contribution < -0.4 is 5.32 Å². The Morgan fingerprint density at radius 3 is 2.81 bits per heavy atom. The van der Waals surface area contributed by atoms with Crippen LogP contribution in [0.5, 0.6) is 0 Å². The van der Waals surface area contributed by atoms with Gasteiger partial charge in [0.05, 0.1) is 4.92 Å².